The van der Waals surface area contributed by atoms with Crippen molar-refractivity contribution in [2.24, 2.45) is 0 Å². The summed E-state index contributed by atoms with van der Waals surface area (Å²) in [7, 11) is 0. The van der Waals surface area contributed by atoms with Gasteiger partial charge in [-0.1, -0.05) is 6.07 Å². The summed E-state index contributed by atoms with van der Waals surface area (Å²) in [4.78, 5) is 13.8. The molecular formula is C20H32AgN5O3. The molecule has 3 N–H and O–H groups in total. The topological polar surface area (TPSA) is 96.3 Å². The number of hydrogen-bond donors (Lipinski definition) is 2. The van der Waals surface area contributed by atoms with E-state index in [1.165, 1.54) is 0 Å². The van der Waals surface area contributed by atoms with E-state index in [4.69, 9.17) is 15.2 Å². The van der Waals surface area contributed by atoms with Crippen LogP contribution in [-0.4, -0.2) is 79.4 Å². The third kappa shape index (κ3) is 7.33. The maximum absolute atomic E-state index is 9.02. The van der Waals surface area contributed by atoms with E-state index in [-0.39, 0.29) is 47.2 Å². The molecule has 8 nitrogen and oxygen atoms in total. The van der Waals surface area contributed by atoms with Gasteiger partial charge < -0.3 is 35.3 Å². The van der Waals surface area contributed by atoms with Gasteiger partial charge in [0.15, 0.2) is 0 Å². The summed E-state index contributed by atoms with van der Waals surface area (Å²) in [6.45, 7) is 6.79. The molecule has 0 spiro atoms. The monoisotopic (exact) mass is 497 g/mol. The Morgan fingerprint density at radius 3 is 2.24 bits per heavy atom. The Bertz CT molecular complexity index is 661. The zero-order valence-corrected chi connectivity index (χ0v) is 18.3. The molecule has 2 aliphatic rings. The van der Waals surface area contributed by atoms with Crippen molar-refractivity contribution in [3.05, 3.63) is 54.4 Å². The first-order chi connectivity index (χ1) is 13.2. The van der Waals surface area contributed by atoms with Gasteiger partial charge in [-0.15, -0.1) is 0 Å². The normalized spacial score (nSPS) is 17.7. The first-order valence-electron chi connectivity index (χ1n) is 9.72. The molecule has 0 fully saturated rings. The van der Waals surface area contributed by atoms with Crippen molar-refractivity contribution < 1.29 is 38.1 Å². The zero-order chi connectivity index (χ0) is 19.1. The molecule has 2 aliphatic heterocycles. The fourth-order valence-electron chi connectivity index (χ4n) is 3.45. The average molecular weight is 498 g/mol. The number of rotatable bonds is 10. The van der Waals surface area contributed by atoms with Gasteiger partial charge in [0.2, 0.25) is 0 Å². The maximum Gasteiger partial charge on any atom is 1.00 e. The van der Waals surface area contributed by atoms with Gasteiger partial charge in [0, 0.05) is 51.1 Å². The molecule has 0 saturated carbocycles. The molecule has 3 heterocycles. The predicted octanol–water partition coefficient (Wildman–Crippen LogP) is 1.15. The smallest absolute Gasteiger partial charge is 0.870 e. The minimum Gasteiger partial charge on any atom is -0.870 e. The fraction of sp³-hybridized carbons (Fsp3) is 0.550. The van der Waals surface area contributed by atoms with E-state index >= 15 is 0 Å². The van der Waals surface area contributed by atoms with Gasteiger partial charge in [0.25, 0.3) is 0 Å². The Kier molecular flexibility index (Phi) is 11.3. The molecule has 0 aliphatic carbocycles. The van der Waals surface area contributed by atoms with Gasteiger partial charge in [-0.25, -0.2) is 0 Å². The van der Waals surface area contributed by atoms with Crippen molar-refractivity contribution >= 4 is 0 Å². The van der Waals surface area contributed by atoms with Crippen LogP contribution in [0.4, 0.5) is 0 Å². The Labute approximate surface area is 188 Å². The molecule has 3 rings (SSSR count). The molecule has 0 saturated heterocycles. The Morgan fingerprint density at radius 2 is 1.52 bits per heavy atom. The van der Waals surface area contributed by atoms with Crippen molar-refractivity contribution in [3.63, 3.8) is 0 Å². The van der Waals surface area contributed by atoms with Gasteiger partial charge in [-0.05, 0) is 31.9 Å². The molecule has 29 heavy (non-hydrogen) atoms. The summed E-state index contributed by atoms with van der Waals surface area (Å²) in [6.07, 6.45) is 10.2. The summed E-state index contributed by atoms with van der Waals surface area (Å²) < 4.78 is 0. The molecule has 0 aromatic carbocycles. The van der Waals surface area contributed by atoms with Crippen LogP contribution in [0.5, 0.6) is 0 Å². The van der Waals surface area contributed by atoms with E-state index in [1.54, 1.807) is 0 Å². The Morgan fingerprint density at radius 1 is 0.897 bits per heavy atom. The molecule has 166 valence electrons. The molecule has 1 atom stereocenters. The Balaban J connectivity index is 0.00000210. The van der Waals surface area contributed by atoms with Crippen LogP contribution in [0.1, 0.15) is 31.2 Å². The second-order valence-electron chi connectivity index (χ2n) is 7.11. The van der Waals surface area contributed by atoms with Crippen LogP contribution in [0.3, 0.4) is 0 Å². The predicted molar refractivity (Wildman–Crippen MR) is 107 cm³/mol. The third-order valence-corrected chi connectivity index (χ3v) is 5.01. The molecular weight excluding hydrogens is 466 g/mol. The van der Waals surface area contributed by atoms with Crippen LogP contribution in [-0.2, 0) is 35.5 Å². The quantitative estimate of drug-likeness (QED) is 0.464. The van der Waals surface area contributed by atoms with E-state index in [0.717, 1.165) is 57.1 Å². The molecule has 0 radical (unpaired) electrons. The van der Waals surface area contributed by atoms with Gasteiger partial charge in [0.05, 0.1) is 37.3 Å². The van der Waals surface area contributed by atoms with Crippen molar-refractivity contribution in [3.8, 4) is 0 Å². The maximum atomic E-state index is 9.02. The molecule has 1 aromatic rings. The van der Waals surface area contributed by atoms with E-state index in [2.05, 4.69) is 69.5 Å². The summed E-state index contributed by atoms with van der Waals surface area (Å²) in [5.41, 5.74) is 2.13. The first kappa shape index (κ1) is 25.5. The van der Waals surface area contributed by atoms with Crippen LogP contribution in [0, 0.1) is 0 Å². The largest absolute Gasteiger partial charge is 1.00 e. The summed E-state index contributed by atoms with van der Waals surface area (Å²) in [5.74, 6) is 0. The first-order valence-corrected chi connectivity index (χ1v) is 9.72. The number of pyridine rings is 1. The molecule has 0 bridgehead atoms. The Hall–Kier alpha value is -1.55. The summed E-state index contributed by atoms with van der Waals surface area (Å²) >= 11 is 0. The van der Waals surface area contributed by atoms with Crippen molar-refractivity contribution in [1.29, 1.82) is 0 Å². The molecule has 1 unspecified atom stereocenters. The second-order valence-corrected chi connectivity index (χ2v) is 7.11. The van der Waals surface area contributed by atoms with Crippen LogP contribution < -0.4 is 0 Å². The van der Waals surface area contributed by atoms with E-state index in [1.807, 2.05) is 0 Å². The minimum absolute atomic E-state index is 0. The number of hydrogen-bond acceptors (Lipinski definition) is 8. The van der Waals surface area contributed by atoms with Gasteiger partial charge in [-0.3, -0.25) is 4.98 Å². The minimum atomic E-state index is 0. The van der Waals surface area contributed by atoms with Crippen molar-refractivity contribution in [2.45, 2.75) is 39.0 Å². The molecule has 1 aromatic heterocycles. The van der Waals surface area contributed by atoms with Gasteiger partial charge in [-0.2, -0.15) is 0 Å². The average Bonchev–Trinajstić information content (AvgIpc) is 3.26. The van der Waals surface area contributed by atoms with Crippen LogP contribution in [0.15, 0.2) is 43.0 Å². The van der Waals surface area contributed by atoms with Crippen LogP contribution in [0.2, 0.25) is 0 Å². The summed E-state index contributed by atoms with van der Waals surface area (Å²) in [5, 5.41) is 18.0. The number of aliphatic hydroxyl groups excluding tert-OH is 2. The van der Waals surface area contributed by atoms with E-state index in [0.29, 0.717) is 0 Å². The third-order valence-electron chi connectivity index (χ3n) is 5.01. The summed E-state index contributed by atoms with van der Waals surface area (Å²) in [6, 6.07) is 6.23. The second kappa shape index (κ2) is 12.9. The SMILES string of the molecule is CC1N(CCCO)C=CN1Cc1cccc(CN2C=CN(CCCO)C2)n1.[Ag+].[OH-]. The number of aromatic nitrogens is 1. The van der Waals surface area contributed by atoms with E-state index < -0.39 is 0 Å². The van der Waals surface area contributed by atoms with Gasteiger partial charge in [0.1, 0.15) is 0 Å². The standard InChI is InChI=1S/C20H31N5O2.Ag.H2O/c1-18-24(8-4-14-27)11-12-25(18)16-20-6-2-5-19(21-20)15-23-10-9-22(17-23)7-3-13-26;;/h2,5-6,9-12,18,26-27H,3-4,7-8,13-17H2,1H3;;1H2/q;+1;/p-1. The zero-order valence-electron chi connectivity index (χ0n) is 16.9. The number of aliphatic hydroxyl groups is 2. The van der Waals surface area contributed by atoms with E-state index in [9.17, 15) is 0 Å². The van der Waals surface area contributed by atoms with Crippen LogP contribution >= 0.6 is 0 Å². The fourth-order valence-corrected chi connectivity index (χ4v) is 3.45. The van der Waals surface area contributed by atoms with Crippen molar-refractivity contribution in [2.75, 3.05) is 33.0 Å². The molecule has 0 amide bonds. The van der Waals surface area contributed by atoms with Gasteiger partial charge >= 0.3 is 22.4 Å². The van der Waals surface area contributed by atoms with Crippen molar-refractivity contribution in [1.82, 2.24) is 24.6 Å². The number of nitrogens with zero attached hydrogens (tertiary/aromatic N) is 5. The van der Waals surface area contributed by atoms with Crippen LogP contribution in [0.25, 0.3) is 0 Å². The molecule has 9 heteroatoms.